The summed E-state index contributed by atoms with van der Waals surface area (Å²) in [5.74, 6) is 3.61. The fourth-order valence-corrected chi connectivity index (χ4v) is 1.87. The van der Waals surface area contributed by atoms with Crippen molar-refractivity contribution in [2.24, 2.45) is 5.92 Å². The normalized spacial score (nSPS) is 18.7. The molecule has 1 aromatic rings. The minimum Gasteiger partial charge on any atom is -0.369 e. The number of rotatable bonds is 1. The van der Waals surface area contributed by atoms with Gasteiger partial charge in [-0.3, -0.25) is 0 Å². The molecule has 5 heteroatoms. The quantitative estimate of drug-likeness (QED) is 0.786. The minimum absolute atomic E-state index is 0.366. The van der Waals surface area contributed by atoms with Crippen molar-refractivity contribution in [1.82, 2.24) is 0 Å². The molecule has 1 aromatic carbocycles. The molecule has 0 bridgehead atoms. The van der Waals surface area contributed by atoms with Crippen LogP contribution >= 0.6 is 15.9 Å². The number of hydrogen-bond acceptors (Lipinski definition) is 1. The van der Waals surface area contributed by atoms with Gasteiger partial charge in [-0.05, 0) is 37.1 Å². The van der Waals surface area contributed by atoms with Crippen molar-refractivity contribution >= 4 is 15.9 Å². The second-order valence-corrected chi connectivity index (χ2v) is 5.21. The molecular weight excluding hydrogens is 309 g/mol. The maximum absolute atomic E-state index is 12.8. The van der Waals surface area contributed by atoms with Crippen LogP contribution in [-0.2, 0) is 0 Å². The van der Waals surface area contributed by atoms with Gasteiger partial charge in [-0.2, -0.15) is 13.2 Å². The van der Waals surface area contributed by atoms with Gasteiger partial charge in [0.05, 0.1) is 0 Å². The predicted octanol–water partition coefficient (Wildman–Crippen LogP) is 3.50. The Morgan fingerprint density at radius 3 is 2.17 bits per heavy atom. The second kappa shape index (κ2) is 4.60. The van der Waals surface area contributed by atoms with E-state index in [9.17, 15) is 18.3 Å². The summed E-state index contributed by atoms with van der Waals surface area (Å²) in [5, 5.41) is 9.70. The Morgan fingerprint density at radius 1 is 1.17 bits per heavy atom. The van der Waals surface area contributed by atoms with Crippen LogP contribution < -0.4 is 0 Å². The molecule has 1 unspecified atom stereocenters. The molecule has 1 atom stereocenters. The van der Waals surface area contributed by atoms with Crippen LogP contribution in [0.25, 0.3) is 0 Å². The van der Waals surface area contributed by atoms with Crippen LogP contribution in [0.5, 0.6) is 0 Å². The third-order valence-corrected chi connectivity index (χ3v) is 3.37. The lowest BCUT2D eigenvalue weighted by molar-refractivity contribution is -0.242. The van der Waals surface area contributed by atoms with Crippen molar-refractivity contribution in [3.63, 3.8) is 0 Å². The molecule has 0 heterocycles. The SMILES string of the molecule is OC(C#Cc1ccc(Br)cc1)(C1CC1)C(F)(F)F. The summed E-state index contributed by atoms with van der Waals surface area (Å²) in [6.45, 7) is 0. The molecule has 0 saturated heterocycles. The van der Waals surface area contributed by atoms with Gasteiger partial charge in [0, 0.05) is 16.0 Å². The van der Waals surface area contributed by atoms with Crippen molar-refractivity contribution in [2.45, 2.75) is 24.6 Å². The Balaban J connectivity index is 2.28. The highest BCUT2D eigenvalue weighted by molar-refractivity contribution is 9.10. The molecule has 96 valence electrons. The van der Waals surface area contributed by atoms with Gasteiger partial charge in [0.25, 0.3) is 0 Å². The van der Waals surface area contributed by atoms with Gasteiger partial charge in [-0.25, -0.2) is 0 Å². The van der Waals surface area contributed by atoms with E-state index in [0.717, 1.165) is 4.47 Å². The van der Waals surface area contributed by atoms with E-state index in [2.05, 4.69) is 21.9 Å². The fraction of sp³-hybridized carbons (Fsp3) is 0.385. The Hall–Kier alpha value is -0.990. The lowest BCUT2D eigenvalue weighted by Gasteiger charge is -2.24. The third-order valence-electron chi connectivity index (χ3n) is 2.84. The van der Waals surface area contributed by atoms with Crippen molar-refractivity contribution in [1.29, 1.82) is 0 Å². The summed E-state index contributed by atoms with van der Waals surface area (Å²) in [7, 11) is 0. The molecule has 0 radical (unpaired) electrons. The van der Waals surface area contributed by atoms with Gasteiger partial charge < -0.3 is 5.11 Å². The summed E-state index contributed by atoms with van der Waals surface area (Å²) in [6.07, 6.45) is -3.98. The first kappa shape index (κ1) is 13.4. The van der Waals surface area contributed by atoms with Crippen LogP contribution in [0.3, 0.4) is 0 Å². The van der Waals surface area contributed by atoms with Gasteiger partial charge >= 0.3 is 6.18 Å². The van der Waals surface area contributed by atoms with E-state index in [1.807, 2.05) is 5.92 Å². The Morgan fingerprint density at radius 2 is 1.72 bits per heavy atom. The molecule has 1 aliphatic rings. The summed E-state index contributed by atoms with van der Waals surface area (Å²) in [6, 6.07) is 6.57. The smallest absolute Gasteiger partial charge is 0.369 e. The zero-order chi connectivity index (χ0) is 13.4. The van der Waals surface area contributed by atoms with E-state index in [-0.39, 0.29) is 0 Å². The topological polar surface area (TPSA) is 20.2 Å². The Bertz CT molecular complexity index is 494. The summed E-state index contributed by atoms with van der Waals surface area (Å²) >= 11 is 3.22. The first-order chi connectivity index (χ1) is 8.33. The molecule has 0 aliphatic heterocycles. The monoisotopic (exact) mass is 318 g/mol. The van der Waals surface area contributed by atoms with Crippen LogP contribution in [0.2, 0.25) is 0 Å². The van der Waals surface area contributed by atoms with E-state index in [1.165, 1.54) is 0 Å². The minimum atomic E-state index is -4.71. The molecule has 0 aromatic heterocycles. The fourth-order valence-electron chi connectivity index (χ4n) is 1.61. The Labute approximate surface area is 111 Å². The number of aliphatic hydroxyl groups is 1. The molecule has 2 rings (SSSR count). The van der Waals surface area contributed by atoms with Gasteiger partial charge in [-0.15, -0.1) is 0 Å². The summed E-state index contributed by atoms with van der Waals surface area (Å²) in [5.41, 5.74) is -2.43. The maximum atomic E-state index is 12.8. The lowest BCUT2D eigenvalue weighted by atomic mass is 9.97. The van der Waals surface area contributed by atoms with Crippen LogP contribution in [-0.4, -0.2) is 16.9 Å². The van der Waals surface area contributed by atoms with E-state index in [4.69, 9.17) is 0 Å². The van der Waals surface area contributed by atoms with E-state index in [1.54, 1.807) is 24.3 Å². The molecule has 1 saturated carbocycles. The summed E-state index contributed by atoms with van der Waals surface area (Å²) < 4.78 is 39.2. The average Bonchev–Trinajstić information content (AvgIpc) is 3.10. The molecule has 1 fully saturated rings. The van der Waals surface area contributed by atoms with Gasteiger partial charge in [0.2, 0.25) is 5.60 Å². The van der Waals surface area contributed by atoms with Crippen LogP contribution in [0.1, 0.15) is 18.4 Å². The standard InChI is InChI=1S/C13H10BrF3O/c14-11-5-1-9(2-6-11)7-8-12(18,10-3-4-10)13(15,16)17/h1-2,5-6,10,18H,3-4H2. The predicted molar refractivity (Wildman–Crippen MR) is 64.7 cm³/mol. The second-order valence-electron chi connectivity index (χ2n) is 4.30. The molecule has 1 aliphatic carbocycles. The highest BCUT2D eigenvalue weighted by Crippen LogP contribution is 2.47. The largest absolute Gasteiger partial charge is 0.428 e. The first-order valence-corrected chi connectivity index (χ1v) is 6.20. The molecule has 0 spiro atoms. The molecule has 18 heavy (non-hydrogen) atoms. The maximum Gasteiger partial charge on any atom is 0.428 e. The van der Waals surface area contributed by atoms with E-state index in [0.29, 0.717) is 18.4 Å². The highest BCUT2D eigenvalue weighted by atomic mass is 79.9. The number of halogens is 4. The number of alkyl halides is 3. The van der Waals surface area contributed by atoms with Crippen molar-refractivity contribution in [3.8, 4) is 11.8 Å². The molecular formula is C13H10BrF3O. The zero-order valence-electron chi connectivity index (χ0n) is 9.26. The lowest BCUT2D eigenvalue weighted by Crippen LogP contribution is -2.46. The average molecular weight is 319 g/mol. The molecule has 1 N–H and O–H groups in total. The highest BCUT2D eigenvalue weighted by Gasteiger charge is 2.61. The number of benzene rings is 1. The van der Waals surface area contributed by atoms with Crippen molar-refractivity contribution in [2.75, 3.05) is 0 Å². The molecule has 0 amide bonds. The first-order valence-electron chi connectivity index (χ1n) is 5.41. The van der Waals surface area contributed by atoms with Gasteiger partial charge in [-0.1, -0.05) is 27.8 Å². The zero-order valence-corrected chi connectivity index (χ0v) is 10.8. The van der Waals surface area contributed by atoms with Crippen molar-refractivity contribution < 1.29 is 18.3 Å². The third kappa shape index (κ3) is 2.70. The molecule has 1 nitrogen and oxygen atoms in total. The number of hydrogen-bond donors (Lipinski definition) is 1. The van der Waals surface area contributed by atoms with Gasteiger partial charge in [0.15, 0.2) is 0 Å². The summed E-state index contributed by atoms with van der Waals surface area (Å²) in [4.78, 5) is 0. The Kier molecular flexibility index (Phi) is 3.43. The van der Waals surface area contributed by atoms with Crippen LogP contribution in [0, 0.1) is 17.8 Å². The van der Waals surface area contributed by atoms with E-state index >= 15 is 0 Å². The van der Waals surface area contributed by atoms with Crippen LogP contribution in [0.4, 0.5) is 13.2 Å². The van der Waals surface area contributed by atoms with Crippen LogP contribution in [0.15, 0.2) is 28.7 Å². The van der Waals surface area contributed by atoms with Crippen molar-refractivity contribution in [3.05, 3.63) is 34.3 Å². The van der Waals surface area contributed by atoms with Gasteiger partial charge in [0.1, 0.15) is 0 Å². The van der Waals surface area contributed by atoms with E-state index < -0.39 is 17.7 Å².